The maximum absolute atomic E-state index is 12.7. The number of carbonyl (C=O) groups excluding carboxylic acids is 1. The van der Waals surface area contributed by atoms with Gasteiger partial charge in [0.25, 0.3) is 0 Å². The van der Waals surface area contributed by atoms with Gasteiger partial charge >= 0.3 is 0 Å². The summed E-state index contributed by atoms with van der Waals surface area (Å²) < 4.78 is 1.04. The van der Waals surface area contributed by atoms with E-state index in [2.05, 4.69) is 29.8 Å². The lowest BCUT2D eigenvalue weighted by atomic mass is 9.83. The summed E-state index contributed by atoms with van der Waals surface area (Å²) in [7, 11) is 0. The fraction of sp³-hybridized carbons (Fsp3) is 0.562. The Morgan fingerprint density at radius 2 is 1.79 bits per heavy atom. The molecule has 0 unspecified atom stereocenters. The van der Waals surface area contributed by atoms with E-state index in [1.807, 2.05) is 49.9 Å². The molecule has 1 aromatic carbocycles. The Labute approximate surface area is 125 Å². The van der Waals surface area contributed by atoms with Crippen molar-refractivity contribution in [2.24, 2.45) is 5.92 Å². The molecular weight excluding hydrogens is 302 g/mol. The number of carbonyl (C=O) groups is 1. The van der Waals surface area contributed by atoms with E-state index in [0.717, 1.165) is 23.1 Å². The Morgan fingerprint density at radius 3 is 2.21 bits per heavy atom. The summed E-state index contributed by atoms with van der Waals surface area (Å²) in [5.74, 6) is 0.690. The standard InChI is InChI=1S/C16H24BrNO/c1-6-18(11-12(2)3)15(19)16(4,5)13-7-9-14(17)10-8-13/h7-10,12H,6,11H2,1-5H3. The molecular formula is C16H24BrNO. The van der Waals surface area contributed by atoms with Gasteiger partial charge in [0.05, 0.1) is 5.41 Å². The highest BCUT2D eigenvalue weighted by molar-refractivity contribution is 9.10. The summed E-state index contributed by atoms with van der Waals surface area (Å²) in [6.45, 7) is 11.9. The normalized spacial score (nSPS) is 11.7. The van der Waals surface area contributed by atoms with Crippen molar-refractivity contribution in [2.45, 2.75) is 40.0 Å². The topological polar surface area (TPSA) is 20.3 Å². The van der Waals surface area contributed by atoms with Gasteiger partial charge in [0.15, 0.2) is 0 Å². The molecule has 2 nitrogen and oxygen atoms in total. The molecule has 0 aliphatic rings. The molecule has 0 bridgehead atoms. The van der Waals surface area contributed by atoms with Gasteiger partial charge in [-0.15, -0.1) is 0 Å². The first-order chi connectivity index (χ1) is 8.78. The first-order valence-corrected chi connectivity index (χ1v) is 7.63. The number of benzene rings is 1. The number of likely N-dealkylation sites (N-methyl/N-ethyl adjacent to an activating group) is 1. The van der Waals surface area contributed by atoms with E-state index in [9.17, 15) is 4.79 Å². The fourth-order valence-corrected chi connectivity index (χ4v) is 2.45. The van der Waals surface area contributed by atoms with Crippen molar-refractivity contribution in [3.8, 4) is 0 Å². The molecule has 3 heteroatoms. The van der Waals surface area contributed by atoms with Crippen LogP contribution in [0.2, 0.25) is 0 Å². The van der Waals surface area contributed by atoms with E-state index in [1.165, 1.54) is 0 Å². The van der Waals surface area contributed by atoms with Crippen molar-refractivity contribution in [1.82, 2.24) is 4.90 Å². The van der Waals surface area contributed by atoms with Gasteiger partial charge in [-0.2, -0.15) is 0 Å². The number of amides is 1. The van der Waals surface area contributed by atoms with Crippen molar-refractivity contribution in [2.75, 3.05) is 13.1 Å². The molecule has 0 aliphatic carbocycles. The highest BCUT2D eigenvalue weighted by Crippen LogP contribution is 2.27. The molecule has 1 aromatic rings. The van der Waals surface area contributed by atoms with Crippen LogP contribution in [0.3, 0.4) is 0 Å². The zero-order chi connectivity index (χ0) is 14.6. The minimum atomic E-state index is -0.481. The third kappa shape index (κ3) is 4.07. The van der Waals surface area contributed by atoms with Gasteiger partial charge in [-0.05, 0) is 44.4 Å². The number of hydrogen-bond acceptors (Lipinski definition) is 1. The quantitative estimate of drug-likeness (QED) is 0.793. The lowest BCUT2D eigenvalue weighted by Crippen LogP contribution is -2.44. The Bertz CT molecular complexity index is 423. The second-order valence-electron chi connectivity index (χ2n) is 5.87. The van der Waals surface area contributed by atoms with Crippen LogP contribution < -0.4 is 0 Å². The Balaban J connectivity index is 2.97. The zero-order valence-electron chi connectivity index (χ0n) is 12.5. The van der Waals surface area contributed by atoms with Crippen LogP contribution in [0.5, 0.6) is 0 Å². The molecule has 0 radical (unpaired) electrons. The summed E-state index contributed by atoms with van der Waals surface area (Å²) in [6, 6.07) is 8.02. The van der Waals surface area contributed by atoms with Crippen molar-refractivity contribution in [3.05, 3.63) is 34.3 Å². The minimum absolute atomic E-state index is 0.200. The molecule has 0 heterocycles. The number of nitrogens with zero attached hydrogens (tertiary/aromatic N) is 1. The highest BCUT2D eigenvalue weighted by atomic mass is 79.9. The molecule has 0 saturated carbocycles. The fourth-order valence-electron chi connectivity index (χ4n) is 2.18. The minimum Gasteiger partial charge on any atom is -0.342 e. The number of hydrogen-bond donors (Lipinski definition) is 0. The van der Waals surface area contributed by atoms with Crippen LogP contribution in [0.15, 0.2) is 28.7 Å². The van der Waals surface area contributed by atoms with E-state index in [1.54, 1.807) is 0 Å². The molecule has 0 aromatic heterocycles. The van der Waals surface area contributed by atoms with Gasteiger partial charge < -0.3 is 4.90 Å². The van der Waals surface area contributed by atoms with Crippen LogP contribution in [0, 0.1) is 5.92 Å². The second kappa shape index (κ2) is 6.56. The predicted molar refractivity (Wildman–Crippen MR) is 84.3 cm³/mol. The largest absolute Gasteiger partial charge is 0.342 e. The van der Waals surface area contributed by atoms with E-state index >= 15 is 0 Å². The van der Waals surface area contributed by atoms with E-state index in [4.69, 9.17) is 0 Å². The monoisotopic (exact) mass is 325 g/mol. The van der Waals surface area contributed by atoms with Crippen molar-refractivity contribution in [1.29, 1.82) is 0 Å². The van der Waals surface area contributed by atoms with Crippen LogP contribution in [0.4, 0.5) is 0 Å². The average Bonchev–Trinajstić information content (AvgIpc) is 2.35. The predicted octanol–water partition coefficient (Wildman–Crippen LogP) is 4.23. The molecule has 0 saturated heterocycles. The van der Waals surface area contributed by atoms with Crippen LogP contribution in [0.25, 0.3) is 0 Å². The molecule has 1 rings (SSSR count). The van der Waals surface area contributed by atoms with Gasteiger partial charge in [0.1, 0.15) is 0 Å². The lowest BCUT2D eigenvalue weighted by molar-refractivity contribution is -0.136. The molecule has 1 amide bonds. The smallest absolute Gasteiger partial charge is 0.232 e. The van der Waals surface area contributed by atoms with Gasteiger partial charge in [-0.25, -0.2) is 0 Å². The second-order valence-corrected chi connectivity index (χ2v) is 6.79. The summed E-state index contributed by atoms with van der Waals surface area (Å²) >= 11 is 3.43. The van der Waals surface area contributed by atoms with Gasteiger partial charge in [0, 0.05) is 17.6 Å². The molecule has 0 aliphatic heterocycles. The number of halogens is 1. The molecule has 0 fully saturated rings. The first-order valence-electron chi connectivity index (χ1n) is 6.84. The molecule has 0 N–H and O–H groups in total. The van der Waals surface area contributed by atoms with Crippen molar-refractivity contribution in [3.63, 3.8) is 0 Å². The molecule has 106 valence electrons. The van der Waals surface area contributed by atoms with Crippen LogP contribution in [-0.2, 0) is 10.2 Å². The van der Waals surface area contributed by atoms with Crippen molar-refractivity contribution < 1.29 is 4.79 Å². The molecule has 19 heavy (non-hydrogen) atoms. The van der Waals surface area contributed by atoms with E-state index < -0.39 is 5.41 Å². The molecule has 0 spiro atoms. The molecule has 0 atom stereocenters. The van der Waals surface area contributed by atoms with Gasteiger partial charge in [0.2, 0.25) is 5.91 Å². The highest BCUT2D eigenvalue weighted by Gasteiger charge is 2.33. The third-order valence-corrected chi connectivity index (χ3v) is 3.88. The summed E-state index contributed by atoms with van der Waals surface area (Å²) in [6.07, 6.45) is 0. The maximum Gasteiger partial charge on any atom is 0.232 e. The first kappa shape index (κ1) is 16.2. The summed E-state index contributed by atoms with van der Waals surface area (Å²) in [5, 5.41) is 0. The Kier molecular flexibility index (Phi) is 5.60. The van der Waals surface area contributed by atoms with Crippen LogP contribution >= 0.6 is 15.9 Å². The third-order valence-electron chi connectivity index (χ3n) is 3.36. The zero-order valence-corrected chi connectivity index (χ0v) is 14.1. The van der Waals surface area contributed by atoms with Crippen LogP contribution in [0.1, 0.15) is 40.2 Å². The van der Waals surface area contributed by atoms with E-state index in [-0.39, 0.29) is 5.91 Å². The SMILES string of the molecule is CCN(CC(C)C)C(=O)C(C)(C)c1ccc(Br)cc1. The van der Waals surface area contributed by atoms with Crippen LogP contribution in [-0.4, -0.2) is 23.9 Å². The number of rotatable bonds is 5. The summed E-state index contributed by atoms with van der Waals surface area (Å²) in [5.41, 5.74) is 0.578. The Hall–Kier alpha value is -0.830. The van der Waals surface area contributed by atoms with Gasteiger partial charge in [-0.3, -0.25) is 4.79 Å². The van der Waals surface area contributed by atoms with E-state index in [0.29, 0.717) is 5.92 Å². The summed E-state index contributed by atoms with van der Waals surface area (Å²) in [4.78, 5) is 14.7. The lowest BCUT2D eigenvalue weighted by Gasteiger charge is -2.32. The van der Waals surface area contributed by atoms with Gasteiger partial charge in [-0.1, -0.05) is 41.9 Å². The average molecular weight is 326 g/mol. The Morgan fingerprint density at radius 1 is 1.26 bits per heavy atom. The maximum atomic E-state index is 12.7. The van der Waals surface area contributed by atoms with Crippen molar-refractivity contribution >= 4 is 21.8 Å².